The topological polar surface area (TPSA) is 38.3 Å². The molecule has 48 valence electrons. The Morgan fingerprint density at radius 2 is 2.22 bits per heavy atom. The summed E-state index contributed by atoms with van der Waals surface area (Å²) < 4.78 is 0. The number of hydrogen-bond acceptors (Lipinski definition) is 3. The maximum atomic E-state index is 10.1. The van der Waals surface area contributed by atoms with E-state index in [0.717, 1.165) is 12.8 Å². The van der Waals surface area contributed by atoms with Gasteiger partial charge in [-0.15, -0.1) is 0 Å². The first-order valence-corrected chi connectivity index (χ1v) is 2.72. The first kappa shape index (κ1) is 9.43. The fourth-order valence-corrected chi connectivity index (χ4v) is 0.367. The van der Waals surface area contributed by atoms with Crippen LogP contribution < -0.4 is 5.48 Å². The zero-order chi connectivity index (χ0) is 5.98. The summed E-state index contributed by atoms with van der Waals surface area (Å²) in [7, 11) is 0. The fraction of sp³-hybridized carbons (Fsp3) is 0.800. The molecule has 1 N–H and O–H groups in total. The summed E-state index contributed by atoms with van der Waals surface area (Å²) in [6.45, 7) is 1.38. The molecule has 0 aromatic rings. The summed E-state index contributed by atoms with van der Waals surface area (Å²) in [6.07, 6.45) is 2.26. The Balaban J connectivity index is 0.000000640. The fourth-order valence-electron chi connectivity index (χ4n) is 0.367. The van der Waals surface area contributed by atoms with Crippen LogP contribution in [0.15, 0.2) is 0 Å². The minimum absolute atomic E-state index is 0. The predicted molar refractivity (Wildman–Crippen MR) is 35.1 cm³/mol. The van der Waals surface area contributed by atoms with Crippen LogP contribution in [0.3, 0.4) is 0 Å². The Labute approximate surface area is 76.4 Å². The second-order valence-corrected chi connectivity index (χ2v) is 1.99. The molecule has 1 saturated carbocycles. The van der Waals surface area contributed by atoms with Crippen molar-refractivity contribution in [1.82, 2.24) is 5.48 Å². The average molecular weight is 139 g/mol. The molecule has 0 radical (unpaired) electrons. The van der Waals surface area contributed by atoms with Gasteiger partial charge in [-0.3, -0.25) is 4.79 Å². The van der Waals surface area contributed by atoms with Crippen molar-refractivity contribution >= 4 is 35.5 Å². The molecule has 4 heteroatoms. The summed E-state index contributed by atoms with van der Waals surface area (Å²) in [5, 5.41) is 0. The number of hydrogen-bond donors (Lipinski definition) is 1. The van der Waals surface area contributed by atoms with Gasteiger partial charge in [-0.1, -0.05) is 0 Å². The van der Waals surface area contributed by atoms with Crippen LogP contribution in [0, 0.1) is 0 Å². The first-order valence-electron chi connectivity index (χ1n) is 2.72. The Morgan fingerprint density at radius 1 is 1.67 bits per heavy atom. The van der Waals surface area contributed by atoms with Crippen LogP contribution in [-0.4, -0.2) is 41.6 Å². The van der Waals surface area contributed by atoms with Crippen LogP contribution in [0.25, 0.3) is 0 Å². The Bertz CT molecular complexity index is 103. The number of hydroxylamine groups is 1. The number of carbonyl (C=O) groups excluding carboxylic acids is 1. The van der Waals surface area contributed by atoms with Gasteiger partial charge in [0.25, 0.3) is 0 Å². The van der Waals surface area contributed by atoms with Crippen LogP contribution >= 0.6 is 0 Å². The Kier molecular flexibility index (Phi) is 4.48. The average Bonchev–Trinajstić information content (AvgIpc) is 2.41. The molecule has 0 heterocycles. The molecule has 0 saturated heterocycles. The van der Waals surface area contributed by atoms with Crippen LogP contribution in [0.2, 0.25) is 0 Å². The van der Waals surface area contributed by atoms with E-state index in [9.17, 15) is 4.79 Å². The van der Waals surface area contributed by atoms with Crippen molar-refractivity contribution < 1.29 is 9.63 Å². The molecule has 1 aliphatic carbocycles. The third kappa shape index (κ3) is 4.90. The molecule has 3 nitrogen and oxygen atoms in total. The molecule has 9 heavy (non-hydrogen) atoms. The first-order chi connectivity index (χ1) is 3.79. The monoisotopic (exact) mass is 139 g/mol. The molecular formula is C5H10NNaO2. The van der Waals surface area contributed by atoms with Gasteiger partial charge in [0.1, 0.15) is 0 Å². The SMILES string of the molecule is CC(=O)ONC1CC1.[NaH]. The quantitative estimate of drug-likeness (QED) is 0.416. The minimum atomic E-state index is -0.267. The molecule has 1 aliphatic rings. The maximum absolute atomic E-state index is 10.1. The number of rotatable bonds is 2. The van der Waals surface area contributed by atoms with Gasteiger partial charge in [-0.25, -0.2) is 0 Å². The summed E-state index contributed by atoms with van der Waals surface area (Å²) in [5.74, 6) is -0.267. The normalized spacial score (nSPS) is 16.1. The van der Waals surface area contributed by atoms with Gasteiger partial charge in [0.05, 0.1) is 0 Å². The zero-order valence-corrected chi connectivity index (χ0v) is 4.81. The Hall–Kier alpha value is 0.430. The van der Waals surface area contributed by atoms with Gasteiger partial charge >= 0.3 is 35.5 Å². The molecule has 0 aromatic carbocycles. The summed E-state index contributed by atoms with van der Waals surface area (Å²) in [5.41, 5.74) is 2.61. The van der Waals surface area contributed by atoms with E-state index in [1.807, 2.05) is 0 Å². The second-order valence-electron chi connectivity index (χ2n) is 1.99. The van der Waals surface area contributed by atoms with Crippen molar-refractivity contribution in [2.75, 3.05) is 0 Å². The van der Waals surface area contributed by atoms with E-state index in [2.05, 4.69) is 10.3 Å². The van der Waals surface area contributed by atoms with Gasteiger partial charge in [-0.2, -0.15) is 5.48 Å². The molecule has 0 aromatic heterocycles. The number of nitrogens with one attached hydrogen (secondary N) is 1. The molecule has 0 aliphatic heterocycles. The molecule has 0 atom stereocenters. The predicted octanol–water partition coefficient (Wildman–Crippen LogP) is -0.432. The van der Waals surface area contributed by atoms with Gasteiger partial charge < -0.3 is 4.84 Å². The zero-order valence-electron chi connectivity index (χ0n) is 4.81. The van der Waals surface area contributed by atoms with E-state index in [4.69, 9.17) is 0 Å². The third-order valence-corrected chi connectivity index (χ3v) is 0.947. The molecule has 0 amide bonds. The summed E-state index contributed by atoms with van der Waals surface area (Å²) in [4.78, 5) is 14.6. The molecule has 1 fully saturated rings. The van der Waals surface area contributed by atoms with E-state index in [1.54, 1.807) is 0 Å². The summed E-state index contributed by atoms with van der Waals surface area (Å²) in [6, 6.07) is 0.443. The number of carbonyl (C=O) groups is 1. The third-order valence-electron chi connectivity index (χ3n) is 0.947. The van der Waals surface area contributed by atoms with Crippen LogP contribution in [0.5, 0.6) is 0 Å². The van der Waals surface area contributed by atoms with Crippen LogP contribution in [0.1, 0.15) is 19.8 Å². The van der Waals surface area contributed by atoms with Crippen molar-refractivity contribution in [1.29, 1.82) is 0 Å². The van der Waals surface area contributed by atoms with E-state index in [1.165, 1.54) is 6.92 Å². The van der Waals surface area contributed by atoms with Gasteiger partial charge in [-0.05, 0) is 12.8 Å². The Morgan fingerprint density at radius 3 is 2.56 bits per heavy atom. The molecule has 0 spiro atoms. The van der Waals surface area contributed by atoms with E-state index in [-0.39, 0.29) is 35.5 Å². The van der Waals surface area contributed by atoms with Crippen LogP contribution in [-0.2, 0) is 9.63 Å². The standard InChI is InChI=1S/C5H9NO2.Na.H/c1-4(7)8-6-5-2-3-5;;/h5-6H,2-3H2,1H3;;. The van der Waals surface area contributed by atoms with E-state index >= 15 is 0 Å². The molecule has 0 unspecified atom stereocenters. The van der Waals surface area contributed by atoms with Crippen molar-refractivity contribution in [3.05, 3.63) is 0 Å². The van der Waals surface area contributed by atoms with Crippen molar-refractivity contribution in [2.45, 2.75) is 25.8 Å². The van der Waals surface area contributed by atoms with Gasteiger partial charge in [0, 0.05) is 13.0 Å². The van der Waals surface area contributed by atoms with Crippen molar-refractivity contribution in [2.24, 2.45) is 0 Å². The van der Waals surface area contributed by atoms with Crippen molar-refractivity contribution in [3.8, 4) is 0 Å². The molecule has 1 rings (SSSR count). The molecular weight excluding hydrogens is 129 g/mol. The molecule has 0 bridgehead atoms. The van der Waals surface area contributed by atoms with E-state index < -0.39 is 0 Å². The van der Waals surface area contributed by atoms with Gasteiger partial charge in [0.15, 0.2) is 0 Å². The van der Waals surface area contributed by atoms with Crippen molar-refractivity contribution in [3.63, 3.8) is 0 Å². The van der Waals surface area contributed by atoms with Crippen LogP contribution in [0.4, 0.5) is 0 Å². The van der Waals surface area contributed by atoms with E-state index in [0.29, 0.717) is 6.04 Å². The second kappa shape index (κ2) is 4.28. The van der Waals surface area contributed by atoms with Gasteiger partial charge in [0.2, 0.25) is 0 Å². The summed E-state index contributed by atoms with van der Waals surface area (Å²) >= 11 is 0.